The largest absolute Gasteiger partial charge is 0.479 e. The van der Waals surface area contributed by atoms with Crippen molar-refractivity contribution in [3.63, 3.8) is 0 Å². The Kier molecular flexibility index (Phi) is 6.67. The van der Waals surface area contributed by atoms with E-state index in [4.69, 9.17) is 9.47 Å². The van der Waals surface area contributed by atoms with E-state index in [1.807, 2.05) is 13.2 Å². The number of hydrogen-bond donors (Lipinski definition) is 2. The highest BCUT2D eigenvalue weighted by Crippen LogP contribution is 2.29. The summed E-state index contributed by atoms with van der Waals surface area (Å²) < 4.78 is 26.4. The molecule has 1 amide bonds. The molecule has 9 nitrogen and oxygen atoms in total. The molecule has 3 heterocycles. The zero-order valence-electron chi connectivity index (χ0n) is 18.9. The number of carbonyl (C=O) groups excluding carboxylic acids is 1. The van der Waals surface area contributed by atoms with E-state index in [2.05, 4.69) is 25.7 Å². The van der Waals surface area contributed by atoms with Crippen molar-refractivity contribution in [1.82, 2.24) is 25.1 Å². The number of methoxy groups -OCH3 is 1. The third kappa shape index (κ3) is 5.29. The van der Waals surface area contributed by atoms with E-state index in [9.17, 15) is 9.18 Å². The molecule has 0 spiro atoms. The Morgan fingerprint density at radius 1 is 1.18 bits per heavy atom. The van der Waals surface area contributed by atoms with Crippen LogP contribution < -0.4 is 20.1 Å². The lowest BCUT2D eigenvalue weighted by molar-refractivity contribution is 0.0950. The van der Waals surface area contributed by atoms with Gasteiger partial charge in [0.15, 0.2) is 5.82 Å². The minimum absolute atomic E-state index is 0.0920. The molecule has 0 bridgehead atoms. The first-order valence-electron chi connectivity index (χ1n) is 10.4. The number of anilines is 2. The standard InChI is InChI=1S/C24H23FN6O3/c1-15-19(23(32)27-11-16-9-20(25)24(33-3)28-12-16)5-4-6-21(15)34-18-7-8-26-22(10-18)30-17-13-29-31(2)14-17/h4-10,12-14H,11H2,1-3H3,(H,26,30)(H,27,32). The van der Waals surface area contributed by atoms with Crippen molar-refractivity contribution >= 4 is 17.4 Å². The average molecular weight is 462 g/mol. The van der Waals surface area contributed by atoms with E-state index in [-0.39, 0.29) is 18.3 Å². The fraction of sp³-hybridized carbons (Fsp3) is 0.167. The van der Waals surface area contributed by atoms with Gasteiger partial charge >= 0.3 is 0 Å². The first-order chi connectivity index (χ1) is 16.4. The van der Waals surface area contributed by atoms with E-state index in [0.717, 1.165) is 5.69 Å². The van der Waals surface area contributed by atoms with E-state index in [0.29, 0.717) is 34.0 Å². The van der Waals surface area contributed by atoms with Crippen molar-refractivity contribution in [3.05, 3.63) is 83.7 Å². The summed E-state index contributed by atoms with van der Waals surface area (Å²) in [6.45, 7) is 1.92. The lowest BCUT2D eigenvalue weighted by Gasteiger charge is -2.13. The predicted octanol–water partition coefficient (Wildman–Crippen LogP) is 4.13. The van der Waals surface area contributed by atoms with Gasteiger partial charge in [-0.1, -0.05) is 6.07 Å². The third-order valence-electron chi connectivity index (χ3n) is 4.98. The molecule has 10 heteroatoms. The molecular formula is C24H23FN6O3. The summed E-state index contributed by atoms with van der Waals surface area (Å²) in [5, 5.41) is 10.1. The molecule has 0 saturated carbocycles. The Balaban J connectivity index is 1.45. The number of hydrogen-bond acceptors (Lipinski definition) is 7. The summed E-state index contributed by atoms with van der Waals surface area (Å²) in [5.41, 5.74) is 2.43. The number of aryl methyl sites for hydroxylation is 1. The summed E-state index contributed by atoms with van der Waals surface area (Å²) in [6, 6.07) is 9.98. The molecule has 0 radical (unpaired) electrons. The molecule has 2 N–H and O–H groups in total. The van der Waals surface area contributed by atoms with Gasteiger partial charge in [0.05, 0.1) is 19.0 Å². The molecular weight excluding hydrogens is 439 g/mol. The molecule has 0 aliphatic carbocycles. The van der Waals surface area contributed by atoms with Crippen LogP contribution in [-0.2, 0) is 13.6 Å². The second-order valence-corrected chi connectivity index (χ2v) is 7.45. The SMILES string of the molecule is COc1ncc(CNC(=O)c2cccc(Oc3ccnc(Nc4cnn(C)c4)c3)c2C)cc1F. The van der Waals surface area contributed by atoms with Gasteiger partial charge < -0.3 is 20.1 Å². The fourth-order valence-electron chi connectivity index (χ4n) is 3.26. The van der Waals surface area contributed by atoms with Gasteiger partial charge in [-0.25, -0.2) is 14.4 Å². The molecule has 4 rings (SSSR count). The molecule has 174 valence electrons. The quantitative estimate of drug-likeness (QED) is 0.406. The van der Waals surface area contributed by atoms with Crippen LogP contribution in [0, 0.1) is 12.7 Å². The molecule has 4 aromatic rings. The number of aromatic nitrogens is 4. The van der Waals surface area contributed by atoms with Crippen LogP contribution in [0.2, 0.25) is 0 Å². The number of pyridine rings is 2. The van der Waals surface area contributed by atoms with Crippen LogP contribution in [0.25, 0.3) is 0 Å². The molecule has 0 atom stereocenters. The second-order valence-electron chi connectivity index (χ2n) is 7.45. The monoisotopic (exact) mass is 462 g/mol. The summed E-state index contributed by atoms with van der Waals surface area (Å²) in [5.74, 6) is 0.691. The van der Waals surface area contributed by atoms with Crippen LogP contribution in [0.4, 0.5) is 15.9 Å². The van der Waals surface area contributed by atoms with Gasteiger partial charge in [0.25, 0.3) is 5.91 Å². The lowest BCUT2D eigenvalue weighted by Crippen LogP contribution is -2.23. The van der Waals surface area contributed by atoms with Crippen molar-refractivity contribution in [2.45, 2.75) is 13.5 Å². The first kappa shape index (κ1) is 22.7. The number of nitrogens with zero attached hydrogens (tertiary/aromatic N) is 4. The molecule has 1 aromatic carbocycles. The molecule has 34 heavy (non-hydrogen) atoms. The van der Waals surface area contributed by atoms with E-state index < -0.39 is 5.82 Å². The molecule has 3 aromatic heterocycles. The van der Waals surface area contributed by atoms with Gasteiger partial charge in [-0.3, -0.25) is 9.48 Å². The van der Waals surface area contributed by atoms with Gasteiger partial charge in [0, 0.05) is 49.4 Å². The lowest BCUT2D eigenvalue weighted by atomic mass is 10.1. The number of carbonyl (C=O) groups is 1. The Labute approximate surface area is 195 Å². The van der Waals surface area contributed by atoms with Gasteiger partial charge in [0.2, 0.25) is 5.88 Å². The molecule has 0 saturated heterocycles. The molecule has 0 aliphatic rings. The second kappa shape index (κ2) is 9.99. The van der Waals surface area contributed by atoms with Gasteiger partial charge in [0.1, 0.15) is 17.3 Å². The van der Waals surface area contributed by atoms with Crippen molar-refractivity contribution in [1.29, 1.82) is 0 Å². The normalized spacial score (nSPS) is 10.6. The van der Waals surface area contributed by atoms with Crippen LogP contribution in [0.3, 0.4) is 0 Å². The summed E-state index contributed by atoms with van der Waals surface area (Å²) in [6.07, 6.45) is 6.60. The van der Waals surface area contributed by atoms with Crippen LogP contribution in [0.5, 0.6) is 17.4 Å². The van der Waals surface area contributed by atoms with Gasteiger partial charge in [-0.05, 0) is 36.8 Å². The summed E-state index contributed by atoms with van der Waals surface area (Å²) in [4.78, 5) is 20.9. The van der Waals surface area contributed by atoms with Crippen LogP contribution in [0.15, 0.2) is 61.2 Å². The number of benzene rings is 1. The van der Waals surface area contributed by atoms with Crippen molar-refractivity contribution in [2.75, 3.05) is 12.4 Å². The minimum atomic E-state index is -0.587. The van der Waals surface area contributed by atoms with Crippen LogP contribution >= 0.6 is 0 Å². The number of rotatable bonds is 8. The maximum Gasteiger partial charge on any atom is 0.251 e. The summed E-state index contributed by atoms with van der Waals surface area (Å²) >= 11 is 0. The highest BCUT2D eigenvalue weighted by Gasteiger charge is 2.14. The first-order valence-corrected chi connectivity index (χ1v) is 10.4. The van der Waals surface area contributed by atoms with E-state index >= 15 is 0 Å². The Hall–Kier alpha value is -4.47. The Morgan fingerprint density at radius 3 is 2.76 bits per heavy atom. The Bertz CT molecular complexity index is 1320. The van der Waals surface area contributed by atoms with Crippen LogP contribution in [-0.4, -0.2) is 32.8 Å². The van der Waals surface area contributed by atoms with E-state index in [1.165, 1.54) is 19.4 Å². The molecule has 0 aliphatic heterocycles. The summed E-state index contributed by atoms with van der Waals surface area (Å²) in [7, 11) is 3.17. The number of halogens is 1. The average Bonchev–Trinajstić information content (AvgIpc) is 3.23. The smallest absolute Gasteiger partial charge is 0.251 e. The van der Waals surface area contributed by atoms with Crippen LogP contribution in [0.1, 0.15) is 21.5 Å². The third-order valence-corrected chi connectivity index (χ3v) is 4.98. The highest BCUT2D eigenvalue weighted by atomic mass is 19.1. The van der Waals surface area contributed by atoms with Gasteiger partial charge in [-0.2, -0.15) is 5.10 Å². The predicted molar refractivity (Wildman–Crippen MR) is 124 cm³/mol. The maximum atomic E-state index is 13.8. The topological polar surface area (TPSA) is 103 Å². The minimum Gasteiger partial charge on any atom is -0.479 e. The fourth-order valence-corrected chi connectivity index (χ4v) is 3.26. The van der Waals surface area contributed by atoms with Crippen molar-refractivity contribution < 1.29 is 18.7 Å². The number of nitrogens with one attached hydrogen (secondary N) is 2. The highest BCUT2D eigenvalue weighted by molar-refractivity contribution is 5.96. The molecule has 0 fully saturated rings. The maximum absolute atomic E-state index is 13.8. The van der Waals surface area contributed by atoms with E-state index in [1.54, 1.807) is 54.3 Å². The Morgan fingerprint density at radius 2 is 2.03 bits per heavy atom. The van der Waals surface area contributed by atoms with Crippen molar-refractivity contribution in [2.24, 2.45) is 7.05 Å². The molecule has 0 unspecified atom stereocenters. The zero-order valence-corrected chi connectivity index (χ0v) is 18.9. The number of amides is 1. The zero-order chi connectivity index (χ0) is 24.1. The van der Waals surface area contributed by atoms with Gasteiger partial charge in [-0.15, -0.1) is 0 Å². The number of ether oxygens (including phenoxy) is 2. The van der Waals surface area contributed by atoms with Crippen molar-refractivity contribution in [3.8, 4) is 17.4 Å².